The summed E-state index contributed by atoms with van der Waals surface area (Å²) in [6.45, 7) is 1.90. The van der Waals surface area contributed by atoms with Crippen LogP contribution in [-0.4, -0.2) is 56.1 Å². The zero-order valence-electron chi connectivity index (χ0n) is 14.8. The fourth-order valence-electron chi connectivity index (χ4n) is 3.74. The lowest BCUT2D eigenvalue weighted by Crippen LogP contribution is -2.47. The fourth-order valence-corrected chi connectivity index (χ4v) is 3.74. The Hall–Kier alpha value is -2.77. The number of aromatic amines is 1. The molecular weight excluding hydrogens is 328 g/mol. The summed E-state index contributed by atoms with van der Waals surface area (Å²) < 4.78 is 0. The highest BCUT2D eigenvalue weighted by Gasteiger charge is 2.29. The van der Waals surface area contributed by atoms with Gasteiger partial charge >= 0.3 is 0 Å². The summed E-state index contributed by atoms with van der Waals surface area (Å²) in [6, 6.07) is 2.40. The van der Waals surface area contributed by atoms with Crippen molar-refractivity contribution in [1.29, 1.82) is 0 Å². The third-order valence-corrected chi connectivity index (χ3v) is 5.41. The maximum absolute atomic E-state index is 4.80. The first-order valence-corrected chi connectivity index (χ1v) is 9.24. The second-order valence-corrected chi connectivity index (χ2v) is 7.20. The maximum atomic E-state index is 4.80. The van der Waals surface area contributed by atoms with Crippen LogP contribution in [0.1, 0.15) is 37.4 Å². The molecule has 2 aliphatic rings. The number of rotatable bonds is 4. The van der Waals surface area contributed by atoms with E-state index in [-0.39, 0.29) is 0 Å². The Kier molecular flexibility index (Phi) is 3.69. The van der Waals surface area contributed by atoms with Crippen molar-refractivity contribution in [3.05, 3.63) is 30.7 Å². The van der Waals surface area contributed by atoms with Gasteiger partial charge in [-0.2, -0.15) is 0 Å². The molecule has 26 heavy (non-hydrogen) atoms. The topological polar surface area (TPSA) is 86.7 Å². The second-order valence-electron chi connectivity index (χ2n) is 7.20. The molecule has 2 fully saturated rings. The maximum Gasteiger partial charge on any atom is 0.182 e. The number of fused-ring (bicyclic) bond motifs is 1. The van der Waals surface area contributed by atoms with Gasteiger partial charge in [-0.3, -0.25) is 0 Å². The van der Waals surface area contributed by atoms with Crippen molar-refractivity contribution in [2.24, 2.45) is 0 Å². The molecule has 3 aromatic heterocycles. The van der Waals surface area contributed by atoms with E-state index in [1.165, 1.54) is 12.8 Å². The van der Waals surface area contributed by atoms with E-state index in [4.69, 9.17) is 4.98 Å². The zero-order valence-corrected chi connectivity index (χ0v) is 14.8. The van der Waals surface area contributed by atoms with Crippen LogP contribution in [0.25, 0.3) is 11.2 Å². The Morgan fingerprint density at radius 1 is 1.15 bits per heavy atom. The van der Waals surface area contributed by atoms with E-state index < -0.39 is 0 Å². The SMILES string of the molecule is CN(c1ccnc(C2CC2)n1)C1CCCN(c2ncnc3nc[nH]c23)C1. The van der Waals surface area contributed by atoms with Crippen LogP contribution in [0.4, 0.5) is 11.6 Å². The van der Waals surface area contributed by atoms with Gasteiger partial charge in [0, 0.05) is 38.3 Å². The van der Waals surface area contributed by atoms with Gasteiger partial charge in [-0.05, 0) is 31.7 Å². The summed E-state index contributed by atoms with van der Waals surface area (Å²) in [6.07, 6.45) is 9.87. The van der Waals surface area contributed by atoms with E-state index in [0.29, 0.717) is 12.0 Å². The largest absolute Gasteiger partial charge is 0.355 e. The highest BCUT2D eigenvalue weighted by atomic mass is 15.3. The van der Waals surface area contributed by atoms with Crippen LogP contribution in [0, 0.1) is 0 Å². The number of piperidine rings is 1. The van der Waals surface area contributed by atoms with Gasteiger partial charge in [0.2, 0.25) is 0 Å². The van der Waals surface area contributed by atoms with Crippen molar-refractivity contribution in [1.82, 2.24) is 29.9 Å². The Bertz CT molecular complexity index is 918. The summed E-state index contributed by atoms with van der Waals surface area (Å²) in [7, 11) is 2.14. The predicted molar refractivity (Wildman–Crippen MR) is 99.3 cm³/mol. The van der Waals surface area contributed by atoms with E-state index in [2.05, 4.69) is 41.8 Å². The van der Waals surface area contributed by atoms with Gasteiger partial charge in [-0.1, -0.05) is 0 Å². The van der Waals surface area contributed by atoms with E-state index >= 15 is 0 Å². The second kappa shape index (κ2) is 6.19. The van der Waals surface area contributed by atoms with Gasteiger partial charge in [0.15, 0.2) is 11.5 Å². The molecule has 4 heterocycles. The average molecular weight is 350 g/mol. The minimum Gasteiger partial charge on any atom is -0.355 e. The molecule has 8 heteroatoms. The smallest absolute Gasteiger partial charge is 0.182 e. The highest BCUT2D eigenvalue weighted by molar-refractivity contribution is 5.82. The molecule has 1 aliphatic heterocycles. The van der Waals surface area contributed by atoms with Crippen molar-refractivity contribution in [3.63, 3.8) is 0 Å². The van der Waals surface area contributed by atoms with Crippen molar-refractivity contribution in [2.75, 3.05) is 29.9 Å². The van der Waals surface area contributed by atoms with Crippen molar-refractivity contribution in [3.8, 4) is 0 Å². The number of H-pyrrole nitrogens is 1. The molecule has 0 radical (unpaired) electrons. The van der Waals surface area contributed by atoms with Gasteiger partial charge in [-0.15, -0.1) is 0 Å². The molecular formula is C18H22N8. The molecule has 0 bridgehead atoms. The summed E-state index contributed by atoms with van der Waals surface area (Å²) in [4.78, 5) is 30.0. The Balaban J connectivity index is 1.38. The summed E-state index contributed by atoms with van der Waals surface area (Å²) in [5, 5.41) is 0. The average Bonchev–Trinajstić information content (AvgIpc) is 3.44. The van der Waals surface area contributed by atoms with Crippen molar-refractivity contribution >= 4 is 22.8 Å². The van der Waals surface area contributed by atoms with E-state index in [1.54, 1.807) is 12.7 Å². The monoisotopic (exact) mass is 350 g/mol. The zero-order chi connectivity index (χ0) is 17.5. The first-order valence-electron chi connectivity index (χ1n) is 9.24. The van der Waals surface area contributed by atoms with Gasteiger partial charge in [-0.25, -0.2) is 24.9 Å². The molecule has 134 valence electrons. The van der Waals surface area contributed by atoms with E-state index in [1.807, 2.05) is 12.3 Å². The number of imidazole rings is 1. The highest BCUT2D eigenvalue weighted by Crippen LogP contribution is 2.38. The van der Waals surface area contributed by atoms with E-state index in [9.17, 15) is 0 Å². The minimum absolute atomic E-state index is 0.388. The van der Waals surface area contributed by atoms with Gasteiger partial charge < -0.3 is 14.8 Å². The van der Waals surface area contributed by atoms with Crippen LogP contribution >= 0.6 is 0 Å². The molecule has 0 amide bonds. The molecule has 1 unspecified atom stereocenters. The van der Waals surface area contributed by atoms with Crippen molar-refractivity contribution < 1.29 is 0 Å². The summed E-state index contributed by atoms with van der Waals surface area (Å²) in [5.41, 5.74) is 1.63. The predicted octanol–water partition coefficient (Wildman–Crippen LogP) is 2.13. The Labute approximate surface area is 151 Å². The van der Waals surface area contributed by atoms with Crippen LogP contribution in [0.3, 0.4) is 0 Å². The quantitative estimate of drug-likeness (QED) is 0.771. The molecule has 1 saturated heterocycles. The first kappa shape index (κ1) is 15.5. The number of hydrogen-bond acceptors (Lipinski definition) is 7. The molecule has 0 aromatic carbocycles. The standard InChI is InChI=1S/C18H22N8/c1-25(14-6-7-19-16(24-14)12-4-5-12)13-3-2-8-26(9-13)18-15-17(21-10-20-15)22-11-23-18/h6-7,10-13H,2-5,8-9H2,1H3,(H,20,21,22,23). The number of nitrogens with one attached hydrogen (secondary N) is 1. The number of hydrogen-bond donors (Lipinski definition) is 1. The number of nitrogens with zero attached hydrogens (tertiary/aromatic N) is 7. The first-order chi connectivity index (χ1) is 12.8. The van der Waals surface area contributed by atoms with Gasteiger partial charge in [0.1, 0.15) is 23.5 Å². The third kappa shape index (κ3) is 2.75. The minimum atomic E-state index is 0.388. The van der Waals surface area contributed by atoms with Gasteiger partial charge in [0.05, 0.1) is 6.33 Å². The molecule has 0 spiro atoms. The number of likely N-dealkylation sites (N-methyl/N-ethyl adjacent to an activating group) is 1. The molecule has 1 saturated carbocycles. The Morgan fingerprint density at radius 3 is 2.96 bits per heavy atom. The Morgan fingerprint density at radius 2 is 2.08 bits per heavy atom. The summed E-state index contributed by atoms with van der Waals surface area (Å²) >= 11 is 0. The third-order valence-electron chi connectivity index (χ3n) is 5.41. The lowest BCUT2D eigenvalue weighted by molar-refractivity contribution is 0.483. The fraction of sp³-hybridized carbons (Fsp3) is 0.500. The van der Waals surface area contributed by atoms with Gasteiger partial charge in [0.25, 0.3) is 0 Å². The van der Waals surface area contributed by atoms with E-state index in [0.717, 1.165) is 54.6 Å². The number of anilines is 2. The molecule has 1 N–H and O–H groups in total. The van der Waals surface area contributed by atoms with Crippen molar-refractivity contribution in [2.45, 2.75) is 37.6 Å². The number of aromatic nitrogens is 6. The van der Waals surface area contributed by atoms with Crippen LogP contribution < -0.4 is 9.80 Å². The van der Waals surface area contributed by atoms with Crippen LogP contribution in [-0.2, 0) is 0 Å². The lowest BCUT2D eigenvalue weighted by Gasteiger charge is -2.38. The molecule has 1 aliphatic carbocycles. The molecule has 3 aromatic rings. The van der Waals surface area contributed by atoms with Crippen LogP contribution in [0.5, 0.6) is 0 Å². The molecule has 8 nitrogen and oxygen atoms in total. The summed E-state index contributed by atoms with van der Waals surface area (Å²) in [5.74, 6) is 3.52. The van der Waals surface area contributed by atoms with Crippen LogP contribution in [0.2, 0.25) is 0 Å². The normalized spacial score (nSPS) is 20.5. The molecule has 1 atom stereocenters. The lowest BCUT2D eigenvalue weighted by atomic mass is 10.0. The molecule has 5 rings (SSSR count). The van der Waals surface area contributed by atoms with Crippen LogP contribution in [0.15, 0.2) is 24.9 Å².